The third-order valence-electron chi connectivity index (χ3n) is 6.90. The van der Waals surface area contributed by atoms with Gasteiger partial charge >= 0.3 is 0 Å². The minimum atomic E-state index is 0.530. The summed E-state index contributed by atoms with van der Waals surface area (Å²) in [5, 5.41) is 0. The molecule has 0 unspecified atom stereocenters. The number of fused-ring (bicyclic) bond motifs is 5. The largest absolute Gasteiger partial charge is 0.381 e. The van der Waals surface area contributed by atoms with Crippen molar-refractivity contribution in [3.8, 4) is 0 Å². The van der Waals surface area contributed by atoms with Gasteiger partial charge in [0.15, 0.2) is 0 Å². The lowest BCUT2D eigenvalue weighted by atomic mass is 9.55. The van der Waals surface area contributed by atoms with E-state index < -0.39 is 0 Å². The van der Waals surface area contributed by atoms with Gasteiger partial charge in [0.2, 0.25) is 0 Å². The predicted molar refractivity (Wildman–Crippen MR) is 91.1 cm³/mol. The van der Waals surface area contributed by atoms with Gasteiger partial charge in [0.1, 0.15) is 0 Å². The van der Waals surface area contributed by atoms with Gasteiger partial charge in [-0.15, -0.1) is 0 Å². The van der Waals surface area contributed by atoms with Gasteiger partial charge < -0.3 is 4.74 Å². The first kappa shape index (κ1) is 14.8. The van der Waals surface area contributed by atoms with Gasteiger partial charge in [-0.2, -0.15) is 0 Å². The molecule has 120 valence electrons. The zero-order valence-corrected chi connectivity index (χ0v) is 14.0. The molecule has 0 N–H and O–H groups in total. The van der Waals surface area contributed by atoms with Crippen LogP contribution in [0.5, 0.6) is 0 Å². The van der Waals surface area contributed by atoms with Crippen LogP contribution in [0.2, 0.25) is 0 Å². The Morgan fingerprint density at radius 2 is 2.05 bits per heavy atom. The lowest BCUT2D eigenvalue weighted by Gasteiger charge is -2.50. The number of aryl methyl sites for hydroxylation is 1. The van der Waals surface area contributed by atoms with Crippen molar-refractivity contribution in [3.05, 3.63) is 35.4 Å². The van der Waals surface area contributed by atoms with E-state index in [4.69, 9.17) is 4.74 Å². The smallest absolute Gasteiger partial charge is 0.0525 e. The summed E-state index contributed by atoms with van der Waals surface area (Å²) in [6.45, 7) is 4.21. The Bertz CT molecular complexity index is 522. The molecule has 1 aromatic carbocycles. The highest BCUT2D eigenvalue weighted by molar-refractivity contribution is 5.34. The van der Waals surface area contributed by atoms with Crippen LogP contribution in [0.25, 0.3) is 0 Å². The molecule has 0 bridgehead atoms. The van der Waals surface area contributed by atoms with Gasteiger partial charge in [0, 0.05) is 6.61 Å². The minimum absolute atomic E-state index is 0.530. The van der Waals surface area contributed by atoms with E-state index in [1.165, 1.54) is 44.9 Å². The molecule has 0 aromatic heterocycles. The van der Waals surface area contributed by atoms with Crippen molar-refractivity contribution in [3.63, 3.8) is 0 Å². The third-order valence-corrected chi connectivity index (χ3v) is 6.90. The molecular formula is C21H30O. The molecule has 4 atom stereocenters. The lowest BCUT2D eigenvalue weighted by Crippen LogP contribution is -2.43. The Labute approximate surface area is 135 Å². The van der Waals surface area contributed by atoms with E-state index in [1.54, 1.807) is 11.1 Å². The maximum Gasteiger partial charge on any atom is 0.0525 e. The van der Waals surface area contributed by atoms with E-state index in [-0.39, 0.29) is 0 Å². The Morgan fingerprint density at radius 3 is 2.95 bits per heavy atom. The molecule has 0 saturated heterocycles. The van der Waals surface area contributed by atoms with Crippen LogP contribution in [-0.4, -0.2) is 13.2 Å². The summed E-state index contributed by atoms with van der Waals surface area (Å²) in [6.07, 6.45) is 11.0. The number of ether oxygens (including phenoxy) is 1. The van der Waals surface area contributed by atoms with Gasteiger partial charge in [0.25, 0.3) is 0 Å². The van der Waals surface area contributed by atoms with Crippen LogP contribution >= 0.6 is 0 Å². The van der Waals surface area contributed by atoms with Crippen LogP contribution in [0.4, 0.5) is 0 Å². The predicted octanol–water partition coefficient (Wildman–Crippen LogP) is 5.34. The maximum atomic E-state index is 6.08. The zero-order valence-electron chi connectivity index (χ0n) is 14.0. The van der Waals surface area contributed by atoms with E-state index in [9.17, 15) is 0 Å². The first-order valence-electron chi connectivity index (χ1n) is 9.49. The molecule has 0 radical (unpaired) electrons. The normalized spacial score (nSPS) is 36.5. The lowest BCUT2D eigenvalue weighted by molar-refractivity contribution is -0.0355. The van der Waals surface area contributed by atoms with Crippen LogP contribution in [0, 0.1) is 17.3 Å². The van der Waals surface area contributed by atoms with Gasteiger partial charge in [-0.3, -0.25) is 0 Å². The summed E-state index contributed by atoms with van der Waals surface area (Å²) < 4.78 is 6.08. The maximum absolute atomic E-state index is 6.08. The van der Waals surface area contributed by atoms with E-state index in [0.717, 1.165) is 37.4 Å². The Balaban J connectivity index is 1.58. The SMILES string of the molecule is CCCOC[C@@]12CCC[C@H]1[C@@H]1CCc3ccccc3[C@H]1CC2. The molecule has 0 spiro atoms. The minimum Gasteiger partial charge on any atom is -0.381 e. The molecule has 1 aromatic rings. The molecular weight excluding hydrogens is 268 g/mol. The van der Waals surface area contributed by atoms with E-state index in [2.05, 4.69) is 31.2 Å². The molecule has 4 rings (SSSR count). The van der Waals surface area contributed by atoms with Crippen molar-refractivity contribution in [2.24, 2.45) is 17.3 Å². The summed E-state index contributed by atoms with van der Waals surface area (Å²) in [7, 11) is 0. The standard InChI is InChI=1S/C21H30O/c1-2-14-22-15-21-12-5-8-20(21)19-10-9-16-6-3-4-7-17(16)18(19)11-13-21/h3-4,6-7,18-20H,2,5,8-15H2,1H3/t18-,19-,20+,21+/m1/s1. The van der Waals surface area contributed by atoms with Crippen LogP contribution in [0.1, 0.15) is 68.9 Å². The van der Waals surface area contributed by atoms with Crippen molar-refractivity contribution in [1.29, 1.82) is 0 Å². The van der Waals surface area contributed by atoms with Crippen LogP contribution in [-0.2, 0) is 11.2 Å². The molecule has 3 aliphatic carbocycles. The first-order chi connectivity index (χ1) is 10.8. The summed E-state index contributed by atoms with van der Waals surface area (Å²) >= 11 is 0. The molecule has 0 heterocycles. The number of hydrogen-bond donors (Lipinski definition) is 0. The van der Waals surface area contributed by atoms with Gasteiger partial charge in [-0.05, 0) is 79.2 Å². The van der Waals surface area contributed by atoms with E-state index in [1.807, 2.05) is 0 Å². The fourth-order valence-corrected chi connectivity index (χ4v) is 5.99. The third kappa shape index (κ3) is 2.33. The molecule has 2 fully saturated rings. The van der Waals surface area contributed by atoms with E-state index in [0.29, 0.717) is 5.41 Å². The number of rotatable bonds is 4. The highest BCUT2D eigenvalue weighted by Crippen LogP contribution is 2.61. The molecule has 0 aliphatic heterocycles. The fourth-order valence-electron chi connectivity index (χ4n) is 5.99. The fraction of sp³-hybridized carbons (Fsp3) is 0.714. The number of benzene rings is 1. The van der Waals surface area contributed by atoms with Gasteiger partial charge in [-0.25, -0.2) is 0 Å². The monoisotopic (exact) mass is 298 g/mol. The summed E-state index contributed by atoms with van der Waals surface area (Å²) in [5.41, 5.74) is 3.85. The second kappa shape index (κ2) is 6.00. The molecule has 3 aliphatic rings. The summed E-state index contributed by atoms with van der Waals surface area (Å²) in [6, 6.07) is 9.26. The van der Waals surface area contributed by atoms with E-state index >= 15 is 0 Å². The quantitative estimate of drug-likeness (QED) is 0.682. The molecule has 0 amide bonds. The highest BCUT2D eigenvalue weighted by Gasteiger charge is 2.52. The average Bonchev–Trinajstić information content (AvgIpc) is 2.99. The van der Waals surface area contributed by atoms with Crippen molar-refractivity contribution in [1.82, 2.24) is 0 Å². The topological polar surface area (TPSA) is 9.23 Å². The number of hydrogen-bond acceptors (Lipinski definition) is 1. The first-order valence-corrected chi connectivity index (χ1v) is 9.49. The Hall–Kier alpha value is -0.820. The van der Waals surface area contributed by atoms with Crippen molar-refractivity contribution in [2.45, 2.75) is 64.2 Å². The summed E-state index contributed by atoms with van der Waals surface area (Å²) in [4.78, 5) is 0. The van der Waals surface area contributed by atoms with Crippen LogP contribution < -0.4 is 0 Å². The van der Waals surface area contributed by atoms with Crippen molar-refractivity contribution in [2.75, 3.05) is 13.2 Å². The molecule has 2 saturated carbocycles. The highest BCUT2D eigenvalue weighted by atomic mass is 16.5. The van der Waals surface area contributed by atoms with Gasteiger partial charge in [-0.1, -0.05) is 37.6 Å². The molecule has 22 heavy (non-hydrogen) atoms. The Morgan fingerprint density at radius 1 is 1.14 bits per heavy atom. The average molecular weight is 298 g/mol. The molecule has 1 heteroatoms. The van der Waals surface area contributed by atoms with Crippen LogP contribution in [0.15, 0.2) is 24.3 Å². The second-order valence-corrected chi connectivity index (χ2v) is 7.96. The van der Waals surface area contributed by atoms with Gasteiger partial charge in [0.05, 0.1) is 6.61 Å². The summed E-state index contributed by atoms with van der Waals surface area (Å²) in [5.74, 6) is 2.69. The van der Waals surface area contributed by atoms with Crippen molar-refractivity contribution < 1.29 is 4.74 Å². The zero-order chi connectivity index (χ0) is 15.0. The van der Waals surface area contributed by atoms with Crippen molar-refractivity contribution >= 4 is 0 Å². The molecule has 1 nitrogen and oxygen atoms in total. The van der Waals surface area contributed by atoms with Crippen LogP contribution in [0.3, 0.4) is 0 Å². The second-order valence-electron chi connectivity index (χ2n) is 7.96. The Kier molecular flexibility index (Phi) is 4.02.